The van der Waals surface area contributed by atoms with Gasteiger partial charge in [0.15, 0.2) is 5.82 Å². The number of nitrogens with one attached hydrogen (secondary N) is 1. The number of benzene rings is 1. The lowest BCUT2D eigenvalue weighted by atomic mass is 10.3. The molecule has 0 fully saturated rings. The molecular weight excluding hydrogens is 302 g/mol. The lowest BCUT2D eigenvalue weighted by Crippen LogP contribution is -2.26. The van der Waals surface area contributed by atoms with Crippen molar-refractivity contribution in [2.24, 2.45) is 7.05 Å². The molecule has 0 unspecified atom stereocenters. The van der Waals surface area contributed by atoms with Gasteiger partial charge >= 0.3 is 0 Å². The molecule has 1 heterocycles. The van der Waals surface area contributed by atoms with Crippen molar-refractivity contribution >= 4 is 27.3 Å². The third-order valence-corrected chi connectivity index (χ3v) is 4.36. The van der Waals surface area contributed by atoms with E-state index >= 15 is 0 Å². The second-order valence-corrected chi connectivity index (χ2v) is 6.34. The molecule has 9 heteroatoms. The van der Waals surface area contributed by atoms with Gasteiger partial charge in [0.1, 0.15) is 6.33 Å². The van der Waals surface area contributed by atoms with Crippen molar-refractivity contribution in [3.63, 3.8) is 0 Å². The Kier molecular flexibility index (Phi) is 4.26. The van der Waals surface area contributed by atoms with E-state index < -0.39 is 10.0 Å². The molecule has 0 amide bonds. The maximum absolute atomic E-state index is 12.0. The van der Waals surface area contributed by atoms with E-state index in [-0.39, 0.29) is 16.5 Å². The molecule has 2 aromatic rings. The van der Waals surface area contributed by atoms with Gasteiger partial charge in [0, 0.05) is 20.0 Å². The number of hydrogen-bond donors (Lipinski definition) is 2. The van der Waals surface area contributed by atoms with Crippen LogP contribution in [0.2, 0.25) is 5.02 Å². The van der Waals surface area contributed by atoms with Gasteiger partial charge in [-0.2, -0.15) is 5.10 Å². The first-order chi connectivity index (χ1) is 9.38. The first-order valence-corrected chi connectivity index (χ1v) is 7.64. The molecule has 0 spiro atoms. The maximum atomic E-state index is 12.0. The van der Waals surface area contributed by atoms with Gasteiger partial charge in [0.2, 0.25) is 10.0 Å². The van der Waals surface area contributed by atoms with E-state index in [0.29, 0.717) is 17.9 Å². The second-order valence-electron chi connectivity index (χ2n) is 4.17. The van der Waals surface area contributed by atoms with Crippen molar-refractivity contribution in [3.05, 3.63) is 35.4 Å². The molecule has 7 nitrogen and oxygen atoms in total. The topological polar surface area (TPSA) is 103 Å². The van der Waals surface area contributed by atoms with Crippen molar-refractivity contribution in [2.45, 2.75) is 11.3 Å². The van der Waals surface area contributed by atoms with Gasteiger partial charge in [-0.25, -0.2) is 18.1 Å². The van der Waals surface area contributed by atoms with Gasteiger partial charge in [-0.3, -0.25) is 4.68 Å². The van der Waals surface area contributed by atoms with E-state index in [1.807, 2.05) is 0 Å². The quantitative estimate of drug-likeness (QED) is 0.785. The summed E-state index contributed by atoms with van der Waals surface area (Å²) >= 11 is 5.81. The molecule has 0 saturated carbocycles. The zero-order valence-electron chi connectivity index (χ0n) is 10.7. The Morgan fingerprint density at radius 2 is 2.20 bits per heavy atom. The molecule has 0 radical (unpaired) electrons. The molecule has 0 aliphatic heterocycles. The number of nitrogens with zero attached hydrogens (tertiary/aromatic N) is 3. The van der Waals surface area contributed by atoms with E-state index in [1.165, 1.54) is 18.2 Å². The Morgan fingerprint density at radius 3 is 2.80 bits per heavy atom. The summed E-state index contributed by atoms with van der Waals surface area (Å²) in [5.41, 5.74) is 5.88. The van der Waals surface area contributed by atoms with Gasteiger partial charge < -0.3 is 5.73 Å². The van der Waals surface area contributed by atoms with Crippen LogP contribution >= 0.6 is 11.6 Å². The molecule has 1 aromatic carbocycles. The fourth-order valence-electron chi connectivity index (χ4n) is 1.55. The lowest BCUT2D eigenvalue weighted by molar-refractivity contribution is 0.580. The van der Waals surface area contributed by atoms with Gasteiger partial charge in [-0.05, 0) is 18.2 Å². The van der Waals surface area contributed by atoms with Crippen molar-refractivity contribution in [1.29, 1.82) is 0 Å². The summed E-state index contributed by atoms with van der Waals surface area (Å²) in [7, 11) is -1.87. The summed E-state index contributed by atoms with van der Waals surface area (Å²) < 4.78 is 28.1. The summed E-state index contributed by atoms with van der Waals surface area (Å²) in [5.74, 6) is 0.575. The van der Waals surface area contributed by atoms with Crippen LogP contribution in [0.3, 0.4) is 0 Å². The minimum atomic E-state index is -3.62. The third-order valence-electron chi connectivity index (χ3n) is 2.57. The summed E-state index contributed by atoms with van der Waals surface area (Å²) in [4.78, 5) is 4.09. The van der Waals surface area contributed by atoms with E-state index in [1.54, 1.807) is 18.1 Å². The fraction of sp³-hybridized carbons (Fsp3) is 0.273. The standard InChI is InChI=1S/C11H14ClN5O2S/c1-17-7-14-11(16-17)4-5-15-20(18,19)8-2-3-10(13)9(12)6-8/h2-3,6-7,15H,4-5,13H2,1H3. The molecule has 3 N–H and O–H groups in total. The minimum Gasteiger partial charge on any atom is -0.398 e. The fourth-order valence-corrected chi connectivity index (χ4v) is 2.86. The number of aryl methyl sites for hydroxylation is 1. The highest BCUT2D eigenvalue weighted by Crippen LogP contribution is 2.22. The summed E-state index contributed by atoms with van der Waals surface area (Å²) in [6.07, 6.45) is 1.96. The van der Waals surface area contributed by atoms with Crippen molar-refractivity contribution in [3.8, 4) is 0 Å². The van der Waals surface area contributed by atoms with Gasteiger partial charge in [-0.15, -0.1) is 0 Å². The molecule has 0 saturated heterocycles. The Hall–Kier alpha value is -1.64. The number of rotatable bonds is 5. The van der Waals surface area contributed by atoms with E-state index in [0.717, 1.165) is 0 Å². The van der Waals surface area contributed by atoms with Crippen LogP contribution in [0.15, 0.2) is 29.4 Å². The van der Waals surface area contributed by atoms with Crippen molar-refractivity contribution in [2.75, 3.05) is 12.3 Å². The number of nitrogens with two attached hydrogens (primary N) is 1. The molecule has 108 valence electrons. The number of nitrogen functional groups attached to an aromatic ring is 1. The lowest BCUT2D eigenvalue weighted by Gasteiger charge is -2.07. The molecule has 0 aliphatic rings. The number of anilines is 1. The van der Waals surface area contributed by atoms with Gasteiger partial charge in [0.25, 0.3) is 0 Å². The molecule has 0 aliphatic carbocycles. The Labute approximate surface area is 121 Å². The van der Waals surface area contributed by atoms with Crippen LogP contribution in [0.4, 0.5) is 5.69 Å². The predicted molar refractivity (Wildman–Crippen MR) is 75.8 cm³/mol. The minimum absolute atomic E-state index is 0.0747. The molecule has 0 bridgehead atoms. The highest BCUT2D eigenvalue weighted by Gasteiger charge is 2.15. The van der Waals surface area contributed by atoms with Crippen LogP contribution in [0.1, 0.15) is 5.82 Å². The number of aromatic nitrogens is 3. The average molecular weight is 316 g/mol. The van der Waals surface area contributed by atoms with E-state index in [9.17, 15) is 8.42 Å². The van der Waals surface area contributed by atoms with Crippen LogP contribution in [0.25, 0.3) is 0 Å². The largest absolute Gasteiger partial charge is 0.398 e. The van der Waals surface area contributed by atoms with Crippen LogP contribution < -0.4 is 10.5 Å². The average Bonchev–Trinajstić information content (AvgIpc) is 2.78. The predicted octanol–water partition coefficient (Wildman–Crippen LogP) is 0.572. The Bertz CT molecular complexity index is 713. The van der Waals surface area contributed by atoms with Gasteiger partial charge in [-0.1, -0.05) is 11.6 Å². The number of hydrogen-bond acceptors (Lipinski definition) is 5. The molecule has 0 atom stereocenters. The van der Waals surface area contributed by atoms with Crippen LogP contribution in [-0.2, 0) is 23.5 Å². The SMILES string of the molecule is Cn1cnc(CCNS(=O)(=O)c2ccc(N)c(Cl)c2)n1. The summed E-state index contributed by atoms with van der Waals surface area (Å²) in [6, 6.07) is 4.18. The normalized spacial score (nSPS) is 11.7. The van der Waals surface area contributed by atoms with Crippen LogP contribution in [-0.4, -0.2) is 29.7 Å². The van der Waals surface area contributed by atoms with Crippen LogP contribution in [0.5, 0.6) is 0 Å². The van der Waals surface area contributed by atoms with Crippen molar-refractivity contribution < 1.29 is 8.42 Å². The van der Waals surface area contributed by atoms with Gasteiger partial charge in [0.05, 0.1) is 15.6 Å². The molecular formula is C11H14ClN5O2S. The monoisotopic (exact) mass is 315 g/mol. The Morgan fingerprint density at radius 1 is 1.45 bits per heavy atom. The van der Waals surface area contributed by atoms with Crippen molar-refractivity contribution in [1.82, 2.24) is 19.5 Å². The summed E-state index contributed by atoms with van der Waals surface area (Å²) in [6.45, 7) is 0.203. The zero-order valence-corrected chi connectivity index (χ0v) is 12.3. The first kappa shape index (κ1) is 14.8. The third kappa shape index (κ3) is 3.47. The van der Waals surface area contributed by atoms with Crippen LogP contribution in [0, 0.1) is 0 Å². The maximum Gasteiger partial charge on any atom is 0.240 e. The number of sulfonamides is 1. The second kappa shape index (κ2) is 5.78. The molecule has 20 heavy (non-hydrogen) atoms. The first-order valence-electron chi connectivity index (χ1n) is 5.78. The summed E-state index contributed by atoms with van der Waals surface area (Å²) in [5, 5.41) is 4.27. The molecule has 2 rings (SSSR count). The highest BCUT2D eigenvalue weighted by molar-refractivity contribution is 7.89. The zero-order chi connectivity index (χ0) is 14.8. The molecule has 1 aromatic heterocycles. The Balaban J connectivity index is 2.02. The number of halogens is 1. The van der Waals surface area contributed by atoms with E-state index in [4.69, 9.17) is 17.3 Å². The smallest absolute Gasteiger partial charge is 0.240 e. The van der Waals surface area contributed by atoms with E-state index in [2.05, 4.69) is 14.8 Å². The highest BCUT2D eigenvalue weighted by atomic mass is 35.5.